The van der Waals surface area contributed by atoms with Gasteiger partial charge in [-0.2, -0.15) is 0 Å². The Balaban J connectivity index is 1.28. The molecule has 1 spiro atoms. The standard InChI is InChI=1S/C63H52N2O/c1-37-27-29-45(33-41(37)5)64(56-24-15-17-39(3)43(56)7)47-31-32-51-55(35-47)63(53-22-12-9-19-48(53)49-20-10-13-23-54(49)63)61-60(51)58(36-52-50-21-11-14-26-59(50)66-62(52)61)65(46-30-28-38(2)42(6)34-46)57-25-16-18-40(4)44(57)8/h9-36H,1-8H3. The third-order valence-electron chi connectivity index (χ3n) is 15.3. The highest BCUT2D eigenvalue weighted by molar-refractivity contribution is 6.15. The second kappa shape index (κ2) is 14.7. The number of aryl methyl sites for hydroxylation is 6. The second-order valence-electron chi connectivity index (χ2n) is 18.8. The summed E-state index contributed by atoms with van der Waals surface area (Å²) < 4.78 is 7.31. The minimum atomic E-state index is -0.719. The summed E-state index contributed by atoms with van der Waals surface area (Å²) in [4.78, 5) is 5.02. The van der Waals surface area contributed by atoms with Gasteiger partial charge in [0.05, 0.1) is 11.1 Å². The molecule has 9 aromatic carbocycles. The Morgan fingerprint density at radius 2 is 0.894 bits per heavy atom. The molecule has 1 aromatic heterocycles. The van der Waals surface area contributed by atoms with E-state index >= 15 is 0 Å². The lowest BCUT2D eigenvalue weighted by molar-refractivity contribution is 0.652. The third kappa shape index (κ3) is 5.56. The molecule has 0 saturated carbocycles. The lowest BCUT2D eigenvalue weighted by atomic mass is 9.70. The molecule has 0 amide bonds. The van der Waals surface area contributed by atoms with Crippen molar-refractivity contribution in [2.24, 2.45) is 0 Å². The fraction of sp³-hybridized carbons (Fsp3) is 0.143. The molecule has 0 unspecified atom stereocenters. The fourth-order valence-electron chi connectivity index (χ4n) is 11.3. The minimum Gasteiger partial charge on any atom is -0.456 e. The molecule has 0 aliphatic heterocycles. The Hall–Kier alpha value is -7.62. The van der Waals surface area contributed by atoms with Crippen LogP contribution in [0.15, 0.2) is 174 Å². The fourth-order valence-corrected chi connectivity index (χ4v) is 11.3. The average Bonchev–Trinajstić information content (AvgIpc) is 3.96. The maximum Gasteiger partial charge on any atom is 0.140 e. The third-order valence-corrected chi connectivity index (χ3v) is 15.3. The first-order chi connectivity index (χ1) is 32.1. The lowest BCUT2D eigenvalue weighted by Crippen LogP contribution is -2.26. The second-order valence-corrected chi connectivity index (χ2v) is 18.8. The molecule has 3 nitrogen and oxygen atoms in total. The van der Waals surface area contributed by atoms with Gasteiger partial charge in [-0.15, -0.1) is 0 Å². The van der Waals surface area contributed by atoms with E-state index in [1.54, 1.807) is 0 Å². The normalized spacial score (nSPS) is 13.0. The summed E-state index contributed by atoms with van der Waals surface area (Å²) in [6.45, 7) is 17.8. The van der Waals surface area contributed by atoms with Crippen molar-refractivity contribution < 1.29 is 4.42 Å². The van der Waals surface area contributed by atoms with Gasteiger partial charge in [-0.25, -0.2) is 0 Å². The van der Waals surface area contributed by atoms with Gasteiger partial charge in [0.1, 0.15) is 11.2 Å². The molecule has 12 rings (SSSR count). The number of rotatable bonds is 6. The zero-order valence-electron chi connectivity index (χ0n) is 39.0. The largest absolute Gasteiger partial charge is 0.456 e. The number of benzene rings is 9. The lowest BCUT2D eigenvalue weighted by Gasteiger charge is -2.33. The number of fused-ring (bicyclic) bond motifs is 14. The summed E-state index contributed by atoms with van der Waals surface area (Å²) in [6.07, 6.45) is 0. The maximum atomic E-state index is 7.31. The van der Waals surface area contributed by atoms with Crippen molar-refractivity contribution in [1.29, 1.82) is 0 Å². The van der Waals surface area contributed by atoms with Crippen LogP contribution in [0, 0.1) is 55.4 Å². The first-order valence-electron chi connectivity index (χ1n) is 23.3. The number of anilines is 6. The molecule has 2 aliphatic rings. The van der Waals surface area contributed by atoms with Crippen LogP contribution >= 0.6 is 0 Å². The maximum absolute atomic E-state index is 7.31. The van der Waals surface area contributed by atoms with E-state index in [9.17, 15) is 0 Å². The number of para-hydroxylation sites is 1. The SMILES string of the molecule is Cc1ccc(N(c2ccc3c(c2)C2(c4ccccc4-c4ccccc42)c2c-3c(N(c3ccc(C)c(C)c3)c3cccc(C)c3C)cc3c2oc2ccccc23)c2cccc(C)c2C)cc1C. The molecular weight excluding hydrogens is 801 g/mol. The van der Waals surface area contributed by atoms with Crippen molar-refractivity contribution in [2.45, 2.75) is 60.8 Å². The summed E-state index contributed by atoms with van der Waals surface area (Å²) in [6, 6.07) is 63.8. The van der Waals surface area contributed by atoms with Crippen molar-refractivity contribution in [3.05, 3.63) is 237 Å². The van der Waals surface area contributed by atoms with Crippen molar-refractivity contribution in [3.63, 3.8) is 0 Å². The highest BCUT2D eigenvalue weighted by atomic mass is 16.3. The van der Waals surface area contributed by atoms with Crippen LogP contribution in [0.3, 0.4) is 0 Å². The quantitative estimate of drug-likeness (QED) is 0.166. The van der Waals surface area contributed by atoms with E-state index in [1.807, 2.05) is 0 Å². The zero-order valence-corrected chi connectivity index (χ0v) is 39.0. The Morgan fingerprint density at radius 3 is 1.52 bits per heavy atom. The van der Waals surface area contributed by atoms with Gasteiger partial charge >= 0.3 is 0 Å². The molecule has 3 heteroatoms. The van der Waals surface area contributed by atoms with Gasteiger partial charge in [0.15, 0.2) is 0 Å². The van der Waals surface area contributed by atoms with Crippen LogP contribution < -0.4 is 9.80 Å². The molecule has 10 aromatic rings. The predicted molar refractivity (Wildman–Crippen MR) is 277 cm³/mol. The monoisotopic (exact) mass is 852 g/mol. The predicted octanol–water partition coefficient (Wildman–Crippen LogP) is 17.3. The molecule has 0 bridgehead atoms. The van der Waals surface area contributed by atoms with Gasteiger partial charge in [-0.05, 0) is 194 Å². The summed E-state index contributed by atoms with van der Waals surface area (Å²) >= 11 is 0. The van der Waals surface area contributed by atoms with E-state index in [1.165, 1.54) is 94.7 Å². The Kier molecular flexibility index (Phi) is 8.90. The molecular formula is C63H52N2O. The molecule has 320 valence electrons. The van der Waals surface area contributed by atoms with Gasteiger partial charge in [0.25, 0.3) is 0 Å². The van der Waals surface area contributed by atoms with E-state index in [4.69, 9.17) is 4.42 Å². The van der Waals surface area contributed by atoms with Crippen LogP contribution in [0.4, 0.5) is 34.1 Å². The topological polar surface area (TPSA) is 19.6 Å². The Bertz CT molecular complexity index is 3620. The number of nitrogens with zero attached hydrogens (tertiary/aromatic N) is 2. The Labute approximate surface area is 388 Å². The van der Waals surface area contributed by atoms with Gasteiger partial charge in [0.2, 0.25) is 0 Å². The van der Waals surface area contributed by atoms with E-state index in [0.29, 0.717) is 0 Å². The average molecular weight is 853 g/mol. The number of hydrogen-bond donors (Lipinski definition) is 0. The highest BCUT2D eigenvalue weighted by Crippen LogP contribution is 2.67. The number of furan rings is 1. The molecule has 66 heavy (non-hydrogen) atoms. The van der Waals surface area contributed by atoms with Gasteiger partial charge < -0.3 is 14.2 Å². The molecule has 0 saturated heterocycles. The molecule has 0 radical (unpaired) electrons. The van der Waals surface area contributed by atoms with Gasteiger partial charge in [-0.3, -0.25) is 0 Å². The Morgan fingerprint density at radius 1 is 0.364 bits per heavy atom. The molecule has 0 fully saturated rings. The van der Waals surface area contributed by atoms with Gasteiger partial charge in [0, 0.05) is 50.3 Å². The van der Waals surface area contributed by atoms with Crippen LogP contribution in [-0.2, 0) is 5.41 Å². The van der Waals surface area contributed by atoms with E-state index < -0.39 is 5.41 Å². The zero-order chi connectivity index (χ0) is 45.2. The minimum absolute atomic E-state index is 0.719. The van der Waals surface area contributed by atoms with Crippen molar-refractivity contribution >= 4 is 56.1 Å². The van der Waals surface area contributed by atoms with Crippen molar-refractivity contribution in [3.8, 4) is 22.3 Å². The summed E-state index contributed by atoms with van der Waals surface area (Å²) in [5, 5.41) is 2.22. The van der Waals surface area contributed by atoms with E-state index in [2.05, 4.69) is 235 Å². The molecule has 1 heterocycles. The first-order valence-corrected chi connectivity index (χ1v) is 23.3. The molecule has 0 atom stereocenters. The van der Waals surface area contributed by atoms with Gasteiger partial charge in [-0.1, -0.05) is 109 Å². The van der Waals surface area contributed by atoms with E-state index in [-0.39, 0.29) is 0 Å². The number of hydrogen-bond acceptors (Lipinski definition) is 3. The van der Waals surface area contributed by atoms with Crippen LogP contribution in [0.2, 0.25) is 0 Å². The van der Waals surface area contributed by atoms with Crippen LogP contribution in [0.5, 0.6) is 0 Å². The van der Waals surface area contributed by atoms with Crippen molar-refractivity contribution in [2.75, 3.05) is 9.80 Å². The van der Waals surface area contributed by atoms with Crippen LogP contribution in [-0.4, -0.2) is 0 Å². The highest BCUT2D eigenvalue weighted by Gasteiger charge is 2.55. The molecule has 2 aliphatic carbocycles. The van der Waals surface area contributed by atoms with Crippen LogP contribution in [0.1, 0.15) is 66.8 Å². The van der Waals surface area contributed by atoms with E-state index in [0.717, 1.165) is 50.4 Å². The van der Waals surface area contributed by atoms with Crippen LogP contribution in [0.25, 0.3) is 44.2 Å². The van der Waals surface area contributed by atoms with Crippen molar-refractivity contribution in [1.82, 2.24) is 0 Å². The molecule has 0 N–H and O–H groups in total. The summed E-state index contributed by atoms with van der Waals surface area (Å²) in [7, 11) is 0. The smallest absolute Gasteiger partial charge is 0.140 e. The first kappa shape index (κ1) is 39.9. The summed E-state index contributed by atoms with van der Waals surface area (Å²) in [5.74, 6) is 0. The summed E-state index contributed by atoms with van der Waals surface area (Å²) in [5.41, 5.74) is 28.0.